The number of halogens is 3. The maximum Gasteiger partial charge on any atom is 0.389 e. The van der Waals surface area contributed by atoms with E-state index >= 15 is 0 Å². The molecule has 2 saturated heterocycles. The van der Waals surface area contributed by atoms with Gasteiger partial charge in [0, 0.05) is 24.5 Å². The number of nitrogens with zero attached hydrogens (tertiary/aromatic N) is 1. The summed E-state index contributed by atoms with van der Waals surface area (Å²) >= 11 is 0. The van der Waals surface area contributed by atoms with Crippen LogP contribution < -0.4 is 5.32 Å². The van der Waals surface area contributed by atoms with Crippen LogP contribution in [0.3, 0.4) is 0 Å². The molecule has 0 saturated carbocycles. The standard InChI is InChI=1S/C14H25F3N2/c1-18-13(4-3-7-14(15,16)17)10-8-11-5-6-12(9-10)19(11)2/h10-13,18H,3-9H2,1-2H3. The van der Waals surface area contributed by atoms with Gasteiger partial charge in [-0.15, -0.1) is 0 Å². The minimum atomic E-state index is -4.01. The molecule has 2 fully saturated rings. The van der Waals surface area contributed by atoms with E-state index in [1.807, 2.05) is 7.05 Å². The van der Waals surface area contributed by atoms with Crippen LogP contribution in [0.25, 0.3) is 0 Å². The Morgan fingerprint density at radius 2 is 1.79 bits per heavy atom. The van der Waals surface area contributed by atoms with Gasteiger partial charge in [-0.25, -0.2) is 0 Å². The first-order valence-corrected chi connectivity index (χ1v) is 7.36. The molecule has 0 aromatic heterocycles. The second kappa shape index (κ2) is 6.00. The largest absolute Gasteiger partial charge is 0.389 e. The van der Waals surface area contributed by atoms with Gasteiger partial charge in [-0.05, 0) is 58.5 Å². The van der Waals surface area contributed by atoms with Crippen molar-refractivity contribution >= 4 is 0 Å². The quantitative estimate of drug-likeness (QED) is 0.831. The van der Waals surface area contributed by atoms with Crippen LogP contribution in [0, 0.1) is 5.92 Å². The summed E-state index contributed by atoms with van der Waals surface area (Å²) in [6, 6.07) is 1.56. The fourth-order valence-corrected chi connectivity index (χ4v) is 3.92. The van der Waals surface area contributed by atoms with Gasteiger partial charge in [-0.1, -0.05) is 0 Å². The van der Waals surface area contributed by atoms with Crippen molar-refractivity contribution in [3.63, 3.8) is 0 Å². The van der Waals surface area contributed by atoms with Gasteiger partial charge in [0.15, 0.2) is 0 Å². The van der Waals surface area contributed by atoms with Crippen LogP contribution in [0.1, 0.15) is 44.9 Å². The van der Waals surface area contributed by atoms with Gasteiger partial charge in [0.2, 0.25) is 0 Å². The van der Waals surface area contributed by atoms with Crippen molar-refractivity contribution in [3.05, 3.63) is 0 Å². The molecule has 0 aromatic rings. The third-order valence-electron chi connectivity index (χ3n) is 5.05. The van der Waals surface area contributed by atoms with E-state index in [2.05, 4.69) is 17.3 Å². The number of hydrogen-bond acceptors (Lipinski definition) is 2. The maximum atomic E-state index is 12.2. The number of alkyl halides is 3. The molecule has 2 nitrogen and oxygen atoms in total. The zero-order valence-electron chi connectivity index (χ0n) is 11.8. The third kappa shape index (κ3) is 3.85. The van der Waals surface area contributed by atoms with Crippen molar-refractivity contribution in [2.24, 2.45) is 5.92 Å². The highest BCUT2D eigenvalue weighted by Crippen LogP contribution is 2.39. The Morgan fingerprint density at radius 3 is 2.26 bits per heavy atom. The number of fused-ring (bicyclic) bond motifs is 2. The molecule has 112 valence electrons. The summed E-state index contributed by atoms with van der Waals surface area (Å²) in [6.07, 6.45) is 1.04. The highest BCUT2D eigenvalue weighted by molar-refractivity contribution is 4.96. The normalized spacial score (nSPS) is 33.6. The summed E-state index contributed by atoms with van der Waals surface area (Å²) in [5, 5.41) is 3.26. The summed E-state index contributed by atoms with van der Waals surface area (Å²) in [6.45, 7) is 0. The highest BCUT2D eigenvalue weighted by atomic mass is 19.4. The molecule has 3 atom stereocenters. The van der Waals surface area contributed by atoms with Gasteiger partial charge in [-0.2, -0.15) is 13.2 Å². The molecule has 3 unspecified atom stereocenters. The second-order valence-electron chi connectivity index (χ2n) is 6.18. The Balaban J connectivity index is 1.82. The van der Waals surface area contributed by atoms with Crippen molar-refractivity contribution in [1.82, 2.24) is 10.2 Å². The first-order chi connectivity index (χ1) is 8.90. The molecule has 5 heteroatoms. The van der Waals surface area contributed by atoms with E-state index in [-0.39, 0.29) is 12.5 Å². The maximum absolute atomic E-state index is 12.2. The number of rotatable bonds is 5. The summed E-state index contributed by atoms with van der Waals surface area (Å²) in [7, 11) is 4.08. The average Bonchev–Trinajstić information content (AvgIpc) is 2.56. The topological polar surface area (TPSA) is 15.3 Å². The summed E-state index contributed by atoms with van der Waals surface area (Å²) in [5.74, 6) is 0.548. The summed E-state index contributed by atoms with van der Waals surface area (Å²) in [4.78, 5) is 2.47. The fraction of sp³-hybridized carbons (Fsp3) is 1.00. The fourth-order valence-electron chi connectivity index (χ4n) is 3.92. The van der Waals surface area contributed by atoms with Crippen molar-refractivity contribution in [1.29, 1.82) is 0 Å². The van der Waals surface area contributed by atoms with Crippen LogP contribution in [0.5, 0.6) is 0 Å². The van der Waals surface area contributed by atoms with Crippen LogP contribution in [-0.2, 0) is 0 Å². The zero-order chi connectivity index (χ0) is 14.0. The Morgan fingerprint density at radius 1 is 1.21 bits per heavy atom. The van der Waals surface area contributed by atoms with Gasteiger partial charge in [0.05, 0.1) is 0 Å². The molecule has 2 heterocycles. The second-order valence-corrected chi connectivity index (χ2v) is 6.18. The molecule has 0 spiro atoms. The molecule has 2 bridgehead atoms. The van der Waals surface area contributed by atoms with Crippen molar-refractivity contribution in [2.75, 3.05) is 14.1 Å². The lowest BCUT2D eigenvalue weighted by Crippen LogP contribution is -2.46. The average molecular weight is 278 g/mol. The lowest BCUT2D eigenvalue weighted by atomic mass is 9.83. The molecule has 0 aliphatic carbocycles. The summed E-state index contributed by atoms with van der Waals surface area (Å²) in [5.41, 5.74) is 0. The van der Waals surface area contributed by atoms with Gasteiger partial charge < -0.3 is 10.2 Å². The lowest BCUT2D eigenvalue weighted by molar-refractivity contribution is -0.136. The minimum Gasteiger partial charge on any atom is -0.317 e. The molecule has 19 heavy (non-hydrogen) atoms. The molecule has 0 amide bonds. The number of hydrogen-bond donors (Lipinski definition) is 1. The van der Waals surface area contributed by atoms with Gasteiger partial charge >= 0.3 is 6.18 Å². The van der Waals surface area contributed by atoms with Crippen LogP contribution in [-0.4, -0.2) is 43.3 Å². The molecular weight excluding hydrogens is 253 g/mol. The minimum absolute atomic E-state index is 0.247. The third-order valence-corrected chi connectivity index (χ3v) is 5.05. The molecule has 1 N–H and O–H groups in total. The summed E-state index contributed by atoms with van der Waals surface area (Å²) < 4.78 is 36.6. The highest BCUT2D eigenvalue weighted by Gasteiger charge is 2.40. The number of nitrogens with one attached hydrogen (secondary N) is 1. The molecule has 2 rings (SSSR count). The van der Waals surface area contributed by atoms with Crippen molar-refractivity contribution < 1.29 is 13.2 Å². The van der Waals surface area contributed by atoms with E-state index in [0.717, 1.165) is 12.8 Å². The molecule has 2 aliphatic heterocycles. The Labute approximate surface area is 113 Å². The van der Waals surface area contributed by atoms with E-state index in [1.165, 1.54) is 12.8 Å². The predicted octanol–water partition coefficient (Wildman–Crippen LogP) is 3.18. The van der Waals surface area contributed by atoms with Crippen LogP contribution >= 0.6 is 0 Å². The first-order valence-electron chi connectivity index (χ1n) is 7.36. The van der Waals surface area contributed by atoms with Gasteiger partial charge in [0.25, 0.3) is 0 Å². The van der Waals surface area contributed by atoms with Crippen LogP contribution in [0.2, 0.25) is 0 Å². The monoisotopic (exact) mass is 278 g/mol. The first kappa shape index (κ1) is 15.1. The van der Waals surface area contributed by atoms with Crippen LogP contribution in [0.4, 0.5) is 13.2 Å². The molecule has 0 radical (unpaired) electrons. The van der Waals surface area contributed by atoms with Gasteiger partial charge in [-0.3, -0.25) is 0 Å². The predicted molar refractivity (Wildman–Crippen MR) is 70.1 cm³/mol. The van der Waals surface area contributed by atoms with Gasteiger partial charge in [0.1, 0.15) is 0 Å². The molecular formula is C14H25F3N2. The molecule has 2 aliphatic rings. The van der Waals surface area contributed by atoms with E-state index in [1.54, 1.807) is 0 Å². The Hall–Kier alpha value is -0.290. The van der Waals surface area contributed by atoms with E-state index in [0.29, 0.717) is 24.4 Å². The Bertz CT molecular complexity index is 279. The van der Waals surface area contributed by atoms with Crippen molar-refractivity contribution in [3.8, 4) is 0 Å². The van der Waals surface area contributed by atoms with Crippen LogP contribution in [0.15, 0.2) is 0 Å². The SMILES string of the molecule is CNC(CCCC(F)(F)F)C1CC2CCC(C1)N2C. The van der Waals surface area contributed by atoms with E-state index < -0.39 is 12.6 Å². The zero-order valence-corrected chi connectivity index (χ0v) is 11.8. The Kier molecular flexibility index (Phi) is 4.77. The molecule has 0 aromatic carbocycles. The smallest absolute Gasteiger partial charge is 0.317 e. The van der Waals surface area contributed by atoms with Crippen molar-refractivity contribution in [2.45, 2.75) is 69.2 Å². The number of piperidine rings is 1. The van der Waals surface area contributed by atoms with E-state index in [4.69, 9.17) is 0 Å². The van der Waals surface area contributed by atoms with E-state index in [9.17, 15) is 13.2 Å². The lowest BCUT2D eigenvalue weighted by Gasteiger charge is -2.40.